The summed E-state index contributed by atoms with van der Waals surface area (Å²) >= 11 is 0. The lowest BCUT2D eigenvalue weighted by Crippen LogP contribution is -2.39. The van der Waals surface area contributed by atoms with Gasteiger partial charge in [0.05, 0.1) is 10.6 Å². The minimum Gasteiger partial charge on any atom is -0.363 e. The van der Waals surface area contributed by atoms with Gasteiger partial charge < -0.3 is 10.6 Å². The first-order chi connectivity index (χ1) is 14.3. The highest BCUT2D eigenvalue weighted by Crippen LogP contribution is 2.25. The molecule has 3 rings (SSSR count). The fourth-order valence-corrected chi connectivity index (χ4v) is 4.56. The molecule has 9 nitrogen and oxygen atoms in total. The molecule has 0 saturated heterocycles. The van der Waals surface area contributed by atoms with Crippen molar-refractivity contribution in [3.05, 3.63) is 70.4 Å². The number of sulfonamides is 1. The maximum Gasteiger partial charge on any atom is 0.275 e. The number of pyridine rings is 1. The van der Waals surface area contributed by atoms with Crippen molar-refractivity contribution in [2.24, 2.45) is 0 Å². The summed E-state index contributed by atoms with van der Waals surface area (Å²) < 4.78 is 28.4. The van der Waals surface area contributed by atoms with Crippen LogP contribution in [0.5, 0.6) is 0 Å². The fraction of sp³-hybridized carbons (Fsp3) is 0.350. The average molecular weight is 432 g/mol. The van der Waals surface area contributed by atoms with Gasteiger partial charge in [-0.05, 0) is 43.5 Å². The molecule has 0 amide bonds. The number of nitrogens with one attached hydrogen (secondary N) is 3. The molecular formula is C20H25N5O4S. The molecule has 1 aromatic heterocycles. The van der Waals surface area contributed by atoms with E-state index in [-0.39, 0.29) is 16.8 Å². The molecule has 3 N–H and O–H groups in total. The predicted molar refractivity (Wildman–Crippen MR) is 114 cm³/mol. The third-order valence-corrected chi connectivity index (χ3v) is 6.21. The minimum atomic E-state index is -4.13. The van der Waals surface area contributed by atoms with E-state index < -0.39 is 14.9 Å². The second-order valence-corrected chi connectivity index (χ2v) is 8.93. The van der Waals surface area contributed by atoms with Gasteiger partial charge in [0.2, 0.25) is 0 Å². The molecule has 1 fully saturated rings. The van der Waals surface area contributed by atoms with Crippen LogP contribution in [0.25, 0.3) is 0 Å². The molecule has 1 aliphatic carbocycles. The quantitative estimate of drug-likeness (QED) is 0.432. The summed E-state index contributed by atoms with van der Waals surface area (Å²) in [5.74, 6) is -0.155. The SMILES string of the molecule is Cc1cccc(Nc2ccncc2S(=O)(=O)N/C(=C\[N+](=O)[O-])NC2CCCCC2)c1. The summed E-state index contributed by atoms with van der Waals surface area (Å²) in [6.07, 6.45) is 8.13. The van der Waals surface area contributed by atoms with Crippen LogP contribution in [0.4, 0.5) is 11.4 Å². The van der Waals surface area contributed by atoms with Gasteiger partial charge in [0.15, 0.2) is 5.82 Å². The summed E-state index contributed by atoms with van der Waals surface area (Å²) in [6, 6.07) is 9.03. The van der Waals surface area contributed by atoms with Crippen molar-refractivity contribution in [1.29, 1.82) is 0 Å². The normalized spacial score (nSPS) is 15.4. The Morgan fingerprint density at radius 1 is 1.23 bits per heavy atom. The van der Waals surface area contributed by atoms with Crippen molar-refractivity contribution in [3.63, 3.8) is 0 Å². The van der Waals surface area contributed by atoms with E-state index in [0.29, 0.717) is 11.9 Å². The zero-order valence-electron chi connectivity index (χ0n) is 16.7. The molecule has 160 valence electrons. The smallest absolute Gasteiger partial charge is 0.275 e. The molecule has 1 aliphatic rings. The number of hydrogen-bond acceptors (Lipinski definition) is 7. The minimum absolute atomic E-state index is 0.00793. The lowest BCUT2D eigenvalue weighted by molar-refractivity contribution is -0.404. The van der Waals surface area contributed by atoms with Crippen LogP contribution in [0.15, 0.2) is 59.6 Å². The van der Waals surface area contributed by atoms with Crippen molar-refractivity contribution in [2.45, 2.75) is 50.0 Å². The zero-order chi connectivity index (χ0) is 21.6. The van der Waals surface area contributed by atoms with Gasteiger partial charge in [0, 0.05) is 24.1 Å². The van der Waals surface area contributed by atoms with Crippen LogP contribution in [-0.2, 0) is 10.0 Å². The molecule has 0 aliphatic heterocycles. The first-order valence-electron chi connectivity index (χ1n) is 9.76. The lowest BCUT2D eigenvalue weighted by Gasteiger charge is -2.24. The summed E-state index contributed by atoms with van der Waals surface area (Å²) in [4.78, 5) is 14.2. The highest BCUT2D eigenvalue weighted by Gasteiger charge is 2.24. The highest BCUT2D eigenvalue weighted by atomic mass is 32.2. The van der Waals surface area contributed by atoms with Crippen molar-refractivity contribution in [2.75, 3.05) is 5.32 Å². The molecule has 0 bridgehead atoms. The molecule has 1 aromatic carbocycles. The molecule has 2 aromatic rings. The Balaban J connectivity index is 1.85. The van der Waals surface area contributed by atoms with Crippen molar-refractivity contribution in [3.8, 4) is 0 Å². The maximum absolute atomic E-state index is 13.0. The summed E-state index contributed by atoms with van der Waals surface area (Å²) in [5.41, 5.74) is 2.06. The van der Waals surface area contributed by atoms with E-state index in [2.05, 4.69) is 20.3 Å². The van der Waals surface area contributed by atoms with Gasteiger partial charge in [-0.25, -0.2) is 8.42 Å². The number of aryl methyl sites for hydroxylation is 1. The maximum atomic E-state index is 13.0. The second-order valence-electron chi connectivity index (χ2n) is 7.28. The molecule has 0 radical (unpaired) electrons. The Labute approximate surface area is 175 Å². The Bertz CT molecular complexity index is 1030. The van der Waals surface area contributed by atoms with Crippen molar-refractivity contribution < 1.29 is 13.3 Å². The zero-order valence-corrected chi connectivity index (χ0v) is 17.5. The third kappa shape index (κ3) is 5.93. The van der Waals surface area contributed by atoms with Crippen LogP contribution < -0.4 is 15.4 Å². The van der Waals surface area contributed by atoms with E-state index in [0.717, 1.165) is 43.4 Å². The van der Waals surface area contributed by atoms with Crippen molar-refractivity contribution in [1.82, 2.24) is 15.0 Å². The van der Waals surface area contributed by atoms with E-state index in [1.165, 1.54) is 12.4 Å². The van der Waals surface area contributed by atoms with E-state index in [1.54, 1.807) is 6.07 Å². The molecule has 10 heteroatoms. The summed E-state index contributed by atoms with van der Waals surface area (Å²) in [6.45, 7) is 1.93. The highest BCUT2D eigenvalue weighted by molar-refractivity contribution is 7.89. The van der Waals surface area contributed by atoms with Crippen LogP contribution in [0.3, 0.4) is 0 Å². The van der Waals surface area contributed by atoms with E-state index in [4.69, 9.17) is 0 Å². The third-order valence-electron chi connectivity index (χ3n) is 4.81. The fourth-order valence-electron chi connectivity index (χ4n) is 3.44. The van der Waals surface area contributed by atoms with E-state index >= 15 is 0 Å². The average Bonchev–Trinajstić information content (AvgIpc) is 2.68. The molecule has 0 atom stereocenters. The van der Waals surface area contributed by atoms with E-state index in [1.807, 2.05) is 31.2 Å². The summed E-state index contributed by atoms with van der Waals surface area (Å²) in [5, 5.41) is 17.1. The van der Waals surface area contributed by atoms with Gasteiger partial charge in [-0.2, -0.15) is 0 Å². The molecular weight excluding hydrogens is 406 g/mol. The molecule has 1 saturated carbocycles. The largest absolute Gasteiger partial charge is 0.363 e. The summed E-state index contributed by atoms with van der Waals surface area (Å²) in [7, 11) is -4.13. The van der Waals surface area contributed by atoms with Gasteiger partial charge >= 0.3 is 0 Å². The number of anilines is 2. The predicted octanol–water partition coefficient (Wildman–Crippen LogP) is 3.41. The van der Waals surface area contributed by atoms with Gasteiger partial charge in [0.25, 0.3) is 16.2 Å². The molecule has 30 heavy (non-hydrogen) atoms. The number of nitro groups is 1. The number of rotatable bonds is 8. The Kier molecular flexibility index (Phi) is 6.88. The Morgan fingerprint density at radius 2 is 2.00 bits per heavy atom. The topological polar surface area (TPSA) is 126 Å². The molecule has 0 unspecified atom stereocenters. The monoisotopic (exact) mass is 431 g/mol. The number of benzene rings is 1. The first-order valence-corrected chi connectivity index (χ1v) is 11.2. The Hall–Kier alpha value is -3.14. The van der Waals surface area contributed by atoms with Gasteiger partial charge in [-0.15, -0.1) is 0 Å². The number of nitrogens with zero attached hydrogens (tertiary/aromatic N) is 2. The van der Waals surface area contributed by atoms with Crippen molar-refractivity contribution >= 4 is 21.4 Å². The number of aromatic nitrogens is 1. The van der Waals surface area contributed by atoms with Crippen LogP contribution >= 0.6 is 0 Å². The van der Waals surface area contributed by atoms with Crippen LogP contribution in [-0.4, -0.2) is 24.4 Å². The Morgan fingerprint density at radius 3 is 2.70 bits per heavy atom. The molecule has 1 heterocycles. The molecule has 0 spiro atoms. The van der Waals surface area contributed by atoms with Gasteiger partial charge in [-0.1, -0.05) is 31.4 Å². The standard InChI is InChI=1S/C20H25N5O4S/c1-15-6-5-9-17(12-15)22-18-10-11-21-13-19(18)30(28,29)24-20(14-25(26)27)23-16-7-3-2-4-8-16/h5-6,9-14,16,23-24H,2-4,7-8H2,1H3,(H,21,22)/b20-14-. The van der Waals surface area contributed by atoms with Crippen LogP contribution in [0, 0.1) is 17.0 Å². The lowest BCUT2D eigenvalue weighted by atomic mass is 9.96. The van der Waals surface area contributed by atoms with Gasteiger partial charge in [0.1, 0.15) is 4.90 Å². The van der Waals surface area contributed by atoms with E-state index in [9.17, 15) is 18.5 Å². The van der Waals surface area contributed by atoms with Crippen LogP contribution in [0.2, 0.25) is 0 Å². The first kappa shape index (κ1) is 21.6. The number of hydrogen-bond donors (Lipinski definition) is 3. The van der Waals surface area contributed by atoms with Gasteiger partial charge in [-0.3, -0.25) is 19.8 Å². The second kappa shape index (κ2) is 9.57. The van der Waals surface area contributed by atoms with Crippen LogP contribution in [0.1, 0.15) is 37.7 Å².